The normalized spacial score (nSPS) is 14.3. The predicted octanol–water partition coefficient (Wildman–Crippen LogP) is 17.5. The number of phosphoric acid groups is 1. The number of quaternary nitrogens is 1. The molecular formula is C59H114N2O6P+. The molecule has 0 aliphatic heterocycles. The van der Waals surface area contributed by atoms with Gasteiger partial charge in [-0.2, -0.15) is 0 Å². The van der Waals surface area contributed by atoms with Gasteiger partial charge in [-0.1, -0.05) is 249 Å². The molecule has 0 radical (unpaired) electrons. The average molecular weight is 979 g/mol. The standard InChI is InChI=1S/C59H113N2O6P/c1-6-8-10-12-14-16-18-20-22-24-26-28-29-30-31-33-35-37-39-41-43-45-47-49-51-53-59(63)60-57(56-67-68(64,65)66-55-54-61(3,4)5)58(62)52-50-48-46-44-42-40-38-36-34-32-27-25-23-21-19-17-15-13-11-9-7-2/h18,20,24,26,42,44,50,52,57-58,62H,6-17,19,21-23,25,27-41,43,45-49,51,53-56H2,1-5H3,(H-,60,63,64,65)/p+1/b20-18-,26-24-,44-42+,52-50+. The zero-order valence-electron chi connectivity index (χ0n) is 45.6. The van der Waals surface area contributed by atoms with Crippen molar-refractivity contribution in [3.63, 3.8) is 0 Å². The van der Waals surface area contributed by atoms with Gasteiger partial charge in [0.05, 0.1) is 39.9 Å². The summed E-state index contributed by atoms with van der Waals surface area (Å²) in [6.45, 7) is 4.81. The van der Waals surface area contributed by atoms with Crippen LogP contribution in [0, 0.1) is 0 Å². The van der Waals surface area contributed by atoms with Crippen LogP contribution in [-0.2, 0) is 18.4 Å². The maximum absolute atomic E-state index is 13.0. The quantitative estimate of drug-likeness (QED) is 0.0243. The Morgan fingerprint density at radius 2 is 0.853 bits per heavy atom. The molecule has 0 rings (SSSR count). The first kappa shape index (κ1) is 66.5. The number of nitrogens with one attached hydrogen (secondary N) is 1. The molecule has 0 aromatic heterocycles. The summed E-state index contributed by atoms with van der Waals surface area (Å²) < 4.78 is 23.7. The van der Waals surface area contributed by atoms with Gasteiger partial charge < -0.3 is 19.8 Å². The number of allylic oxidation sites excluding steroid dienone is 7. The fourth-order valence-electron chi connectivity index (χ4n) is 8.44. The van der Waals surface area contributed by atoms with Crippen LogP contribution in [0.15, 0.2) is 48.6 Å². The van der Waals surface area contributed by atoms with Gasteiger partial charge in [-0.15, -0.1) is 0 Å². The van der Waals surface area contributed by atoms with Crippen LogP contribution in [0.5, 0.6) is 0 Å². The number of likely N-dealkylation sites (N-methyl/N-ethyl adjacent to an activating group) is 1. The minimum absolute atomic E-state index is 0.0558. The molecule has 0 spiro atoms. The van der Waals surface area contributed by atoms with Crippen LogP contribution >= 0.6 is 7.82 Å². The minimum Gasteiger partial charge on any atom is -0.387 e. The summed E-state index contributed by atoms with van der Waals surface area (Å²) in [5, 5.41) is 13.9. The Balaban J connectivity index is 4.24. The van der Waals surface area contributed by atoms with E-state index < -0.39 is 20.0 Å². The Kier molecular flexibility index (Phi) is 49.3. The molecule has 3 atom stereocenters. The van der Waals surface area contributed by atoms with E-state index in [0.717, 1.165) is 44.9 Å². The van der Waals surface area contributed by atoms with Gasteiger partial charge in [-0.3, -0.25) is 13.8 Å². The molecule has 9 heteroatoms. The van der Waals surface area contributed by atoms with Crippen molar-refractivity contribution in [2.75, 3.05) is 40.9 Å². The minimum atomic E-state index is -4.36. The van der Waals surface area contributed by atoms with Crippen LogP contribution in [0.2, 0.25) is 0 Å². The van der Waals surface area contributed by atoms with Crippen LogP contribution in [0.4, 0.5) is 0 Å². The summed E-state index contributed by atoms with van der Waals surface area (Å²) in [6.07, 6.45) is 66.4. The molecule has 0 aromatic rings. The molecule has 0 fully saturated rings. The molecule has 0 heterocycles. The molecule has 8 nitrogen and oxygen atoms in total. The molecule has 0 saturated carbocycles. The van der Waals surface area contributed by atoms with Crippen molar-refractivity contribution in [1.82, 2.24) is 5.32 Å². The van der Waals surface area contributed by atoms with E-state index in [4.69, 9.17) is 9.05 Å². The van der Waals surface area contributed by atoms with E-state index in [2.05, 4.69) is 55.6 Å². The van der Waals surface area contributed by atoms with E-state index >= 15 is 0 Å². The highest BCUT2D eigenvalue weighted by Gasteiger charge is 2.27. The zero-order valence-corrected chi connectivity index (χ0v) is 46.5. The molecular weight excluding hydrogens is 864 g/mol. The smallest absolute Gasteiger partial charge is 0.387 e. The number of hydrogen-bond acceptors (Lipinski definition) is 5. The summed E-state index contributed by atoms with van der Waals surface area (Å²) >= 11 is 0. The molecule has 0 aliphatic rings. The lowest BCUT2D eigenvalue weighted by molar-refractivity contribution is -0.870. The second-order valence-electron chi connectivity index (χ2n) is 21.0. The van der Waals surface area contributed by atoms with E-state index in [1.807, 2.05) is 27.2 Å². The number of aliphatic hydroxyl groups excluding tert-OH is 1. The van der Waals surface area contributed by atoms with Crippen LogP contribution in [0.3, 0.4) is 0 Å². The van der Waals surface area contributed by atoms with Gasteiger partial charge in [0, 0.05) is 6.42 Å². The molecule has 3 unspecified atom stereocenters. The van der Waals surface area contributed by atoms with Crippen molar-refractivity contribution < 1.29 is 32.9 Å². The maximum atomic E-state index is 13.0. The highest BCUT2D eigenvalue weighted by molar-refractivity contribution is 7.47. The van der Waals surface area contributed by atoms with Crippen LogP contribution < -0.4 is 5.32 Å². The number of nitrogens with zero attached hydrogens (tertiary/aromatic N) is 1. The third kappa shape index (κ3) is 52.3. The highest BCUT2D eigenvalue weighted by Crippen LogP contribution is 2.43. The fraction of sp³-hybridized carbons (Fsp3) is 0.847. The Morgan fingerprint density at radius 1 is 0.500 bits per heavy atom. The summed E-state index contributed by atoms with van der Waals surface area (Å²) in [7, 11) is 1.56. The van der Waals surface area contributed by atoms with Gasteiger partial charge in [0.25, 0.3) is 0 Å². The average Bonchev–Trinajstić information content (AvgIpc) is 3.30. The maximum Gasteiger partial charge on any atom is 0.472 e. The van der Waals surface area contributed by atoms with E-state index in [-0.39, 0.29) is 19.1 Å². The van der Waals surface area contributed by atoms with E-state index in [9.17, 15) is 19.4 Å². The van der Waals surface area contributed by atoms with E-state index in [1.165, 1.54) is 205 Å². The summed E-state index contributed by atoms with van der Waals surface area (Å²) in [5.41, 5.74) is 0. The third-order valence-corrected chi connectivity index (χ3v) is 14.0. The lowest BCUT2D eigenvalue weighted by atomic mass is 10.0. The second kappa shape index (κ2) is 50.4. The molecule has 0 aromatic carbocycles. The monoisotopic (exact) mass is 978 g/mol. The van der Waals surface area contributed by atoms with Crippen LogP contribution in [0.25, 0.3) is 0 Å². The number of phosphoric ester groups is 1. The largest absolute Gasteiger partial charge is 0.472 e. The van der Waals surface area contributed by atoms with Gasteiger partial charge in [0.15, 0.2) is 0 Å². The number of carbonyl (C=O) groups excluding carboxylic acids is 1. The first-order valence-electron chi connectivity index (χ1n) is 29.0. The Hall–Kier alpha value is -1.54. The van der Waals surface area contributed by atoms with Gasteiger partial charge in [-0.25, -0.2) is 4.57 Å². The topological polar surface area (TPSA) is 105 Å². The van der Waals surface area contributed by atoms with E-state index in [1.54, 1.807) is 6.08 Å². The summed E-state index contributed by atoms with van der Waals surface area (Å²) in [5.74, 6) is -0.186. The Labute approximate surface area is 422 Å². The summed E-state index contributed by atoms with van der Waals surface area (Å²) in [6, 6.07) is -0.865. The van der Waals surface area contributed by atoms with Crippen molar-refractivity contribution in [2.45, 2.75) is 283 Å². The van der Waals surface area contributed by atoms with Crippen molar-refractivity contribution >= 4 is 13.7 Å². The molecule has 68 heavy (non-hydrogen) atoms. The number of unbranched alkanes of at least 4 members (excludes halogenated alkanes) is 34. The summed E-state index contributed by atoms with van der Waals surface area (Å²) in [4.78, 5) is 23.3. The molecule has 0 aliphatic carbocycles. The highest BCUT2D eigenvalue weighted by atomic mass is 31.2. The molecule has 400 valence electrons. The predicted molar refractivity (Wildman–Crippen MR) is 295 cm³/mol. The SMILES string of the molecule is CCCCCCC/C=C\C/C=C\CCCCCCCCCCCCCCCC(=O)NC(COP(=O)(O)OCC[N+](C)(C)C)C(O)/C=C/CC/C=C/CCCCCCCCCCCCCCCCC. The Bertz CT molecular complexity index is 1250. The number of hydrogen-bond donors (Lipinski definition) is 3. The van der Waals surface area contributed by atoms with Gasteiger partial charge in [-0.05, 0) is 64.2 Å². The van der Waals surface area contributed by atoms with Crippen LogP contribution in [-0.4, -0.2) is 73.4 Å². The first-order valence-corrected chi connectivity index (χ1v) is 30.5. The van der Waals surface area contributed by atoms with Crippen molar-refractivity contribution in [1.29, 1.82) is 0 Å². The lowest BCUT2D eigenvalue weighted by Gasteiger charge is -2.25. The molecule has 0 saturated heterocycles. The Morgan fingerprint density at radius 3 is 1.26 bits per heavy atom. The fourth-order valence-corrected chi connectivity index (χ4v) is 9.18. The lowest BCUT2D eigenvalue weighted by Crippen LogP contribution is -2.45. The molecule has 1 amide bonds. The second-order valence-corrected chi connectivity index (χ2v) is 22.5. The molecule has 0 bridgehead atoms. The number of rotatable bonds is 53. The molecule has 3 N–H and O–H groups in total. The number of aliphatic hydroxyl groups is 1. The van der Waals surface area contributed by atoms with E-state index in [0.29, 0.717) is 17.4 Å². The van der Waals surface area contributed by atoms with Gasteiger partial charge in [0.2, 0.25) is 5.91 Å². The van der Waals surface area contributed by atoms with Crippen molar-refractivity contribution in [2.24, 2.45) is 0 Å². The van der Waals surface area contributed by atoms with Gasteiger partial charge in [0.1, 0.15) is 13.2 Å². The van der Waals surface area contributed by atoms with Crippen molar-refractivity contribution in [3.05, 3.63) is 48.6 Å². The number of carbonyl (C=O) groups is 1. The zero-order chi connectivity index (χ0) is 49.9. The third-order valence-electron chi connectivity index (χ3n) is 13.0. The van der Waals surface area contributed by atoms with Crippen molar-refractivity contribution in [3.8, 4) is 0 Å². The first-order chi connectivity index (χ1) is 33.0. The van der Waals surface area contributed by atoms with Gasteiger partial charge >= 0.3 is 7.82 Å². The van der Waals surface area contributed by atoms with Crippen LogP contribution in [0.1, 0.15) is 271 Å². The number of amides is 1.